The molecule has 0 aromatic carbocycles. The molecule has 0 heterocycles. The van der Waals surface area contributed by atoms with Crippen molar-refractivity contribution in [2.75, 3.05) is 0 Å². The fourth-order valence-electron chi connectivity index (χ4n) is 0. The number of halogens is 3. The van der Waals surface area contributed by atoms with Crippen LogP contribution in [0.15, 0.2) is 0 Å². The van der Waals surface area contributed by atoms with Gasteiger partial charge in [-0.15, -0.1) is 0 Å². The second-order valence-corrected chi connectivity index (χ2v) is 2.66. The monoisotopic (exact) mass is 236 g/mol. The summed E-state index contributed by atoms with van der Waals surface area (Å²) in [4.78, 5) is 0. The van der Waals surface area contributed by atoms with Crippen molar-refractivity contribution >= 4 is 21.5 Å². The Morgan fingerprint density at radius 3 is 1.12 bits per heavy atom. The second kappa shape index (κ2) is 10.5. The van der Waals surface area contributed by atoms with Gasteiger partial charge in [0.15, 0.2) is 0 Å². The molecule has 0 aliphatic carbocycles. The van der Waals surface area contributed by atoms with Crippen LogP contribution in [0.25, 0.3) is 0 Å². The average Bonchev–Trinajstić information content (AvgIpc) is 1.65. The van der Waals surface area contributed by atoms with E-state index < -0.39 is 21.5 Å². The molecule has 0 aliphatic rings. The quantitative estimate of drug-likeness (QED) is 0.612. The van der Waals surface area contributed by atoms with Crippen LogP contribution in [0.3, 0.4) is 0 Å². The molecule has 0 rings (SSSR count). The Balaban J connectivity index is 0. The van der Waals surface area contributed by atoms with Crippen molar-refractivity contribution in [1.82, 2.24) is 0 Å². The Kier molecular flexibility index (Phi) is 15.0. The summed E-state index contributed by atoms with van der Waals surface area (Å²) in [5, 5.41) is 0. The van der Waals surface area contributed by atoms with Gasteiger partial charge in [-0.2, -0.15) is 0 Å². The van der Waals surface area contributed by atoms with E-state index in [-0.39, 0.29) is 0 Å². The summed E-state index contributed by atoms with van der Waals surface area (Å²) in [7, 11) is 0. The number of rotatable bonds is 1. The van der Waals surface area contributed by atoms with Gasteiger partial charge >= 0.3 is 30.1 Å². The molecule has 0 unspecified atom stereocenters. The Morgan fingerprint density at radius 2 is 1.12 bits per heavy atom. The van der Waals surface area contributed by atoms with Crippen LogP contribution in [0, 0.1) is 0 Å². The minimum atomic E-state index is -5.14. The Hall–Kier alpha value is 0.589. The van der Waals surface area contributed by atoms with Crippen molar-refractivity contribution < 1.29 is 8.60 Å². The van der Waals surface area contributed by atoms with Crippen molar-refractivity contribution in [3.63, 3.8) is 0 Å². The van der Waals surface area contributed by atoms with Crippen molar-refractivity contribution in [2.24, 2.45) is 0 Å². The van der Waals surface area contributed by atoms with Crippen LogP contribution in [0.4, 0.5) is 8.60 Å². The first-order valence-electron chi connectivity index (χ1n) is 2.57. The summed E-state index contributed by atoms with van der Waals surface area (Å²) >= 11 is -5.14. The zero-order valence-electron chi connectivity index (χ0n) is 5.13. The normalized spacial score (nSPS) is 8.25. The minimum absolute atomic E-state index is 1.32. The maximum atomic E-state index is 9.88. The van der Waals surface area contributed by atoms with Crippen molar-refractivity contribution in [3.8, 4) is 0 Å². The van der Waals surface area contributed by atoms with Gasteiger partial charge in [0.2, 0.25) is 0 Å². The van der Waals surface area contributed by atoms with Gasteiger partial charge in [-0.25, -0.2) is 0 Å². The fraction of sp³-hybridized carbons (Fsp3) is 1.00. The maximum absolute atomic E-state index is 9.88. The number of unbranched alkanes of at least 4 members (excludes halogenated alkanes) is 1. The predicted octanol–water partition coefficient (Wildman–Crippen LogP) is 2.42. The van der Waals surface area contributed by atoms with E-state index >= 15 is 0 Å². The van der Waals surface area contributed by atoms with E-state index in [4.69, 9.17) is 0 Å². The van der Waals surface area contributed by atoms with E-state index in [1.165, 1.54) is 12.8 Å². The third-order valence-electron chi connectivity index (χ3n) is 0.500. The van der Waals surface area contributed by atoms with E-state index in [2.05, 4.69) is 13.8 Å². The number of hydrogen-bond acceptors (Lipinski definition) is 0. The van der Waals surface area contributed by atoms with Crippen molar-refractivity contribution in [1.29, 1.82) is 0 Å². The summed E-state index contributed by atoms with van der Waals surface area (Å²) < 4.78 is 29.6. The Labute approximate surface area is 57.2 Å². The number of hydrogen-bond donors (Lipinski definition) is 0. The van der Waals surface area contributed by atoms with Gasteiger partial charge in [0.1, 0.15) is 0 Å². The van der Waals surface area contributed by atoms with E-state index in [0.29, 0.717) is 0 Å². The zero-order valence-corrected chi connectivity index (χ0v) is 8.42. The molecule has 0 saturated heterocycles. The SMILES string of the molecule is CCCC.[F][SnH]([F])[F]. The van der Waals surface area contributed by atoms with Crippen LogP contribution in [-0.2, 0) is 0 Å². The molecule has 8 heavy (non-hydrogen) atoms. The topological polar surface area (TPSA) is 0 Å². The van der Waals surface area contributed by atoms with Gasteiger partial charge in [0.05, 0.1) is 0 Å². The summed E-state index contributed by atoms with van der Waals surface area (Å²) in [6.07, 6.45) is 2.64. The van der Waals surface area contributed by atoms with Crippen molar-refractivity contribution in [3.05, 3.63) is 0 Å². The third-order valence-corrected chi connectivity index (χ3v) is 0.500. The van der Waals surface area contributed by atoms with Gasteiger partial charge in [-0.05, 0) is 0 Å². The van der Waals surface area contributed by atoms with Crippen LogP contribution in [0.5, 0.6) is 0 Å². The molecular weight excluding hydrogens is 224 g/mol. The van der Waals surface area contributed by atoms with Gasteiger partial charge in [-0.1, -0.05) is 26.7 Å². The third kappa shape index (κ3) is 81.5. The summed E-state index contributed by atoms with van der Waals surface area (Å²) in [6, 6.07) is 0. The van der Waals surface area contributed by atoms with E-state index in [9.17, 15) is 8.60 Å². The molecule has 0 atom stereocenters. The molecule has 0 amide bonds. The molecule has 0 saturated carbocycles. The fourth-order valence-corrected chi connectivity index (χ4v) is 0. The van der Waals surface area contributed by atoms with Gasteiger partial charge in [-0.3, -0.25) is 0 Å². The molecule has 0 aliphatic heterocycles. The van der Waals surface area contributed by atoms with Crippen LogP contribution in [0.2, 0.25) is 0 Å². The summed E-state index contributed by atoms with van der Waals surface area (Å²) in [5.41, 5.74) is 0. The van der Waals surface area contributed by atoms with Crippen LogP contribution in [0.1, 0.15) is 26.7 Å². The first-order valence-corrected chi connectivity index (χ1v) is 6.31. The Bertz CT molecular complexity index is 27.7. The molecule has 0 spiro atoms. The molecule has 0 aromatic rings. The van der Waals surface area contributed by atoms with Crippen LogP contribution >= 0.6 is 0 Å². The zero-order chi connectivity index (χ0) is 6.99. The second-order valence-electron chi connectivity index (χ2n) is 1.25. The standard InChI is InChI=1S/C4H10.3FH.Sn.H/c1-3-4-2;;;;;/h3-4H2,1-2H3;3*1H;;/q;;;;+3;/p-3. The van der Waals surface area contributed by atoms with Gasteiger partial charge in [0, 0.05) is 0 Å². The molecule has 0 aromatic heterocycles. The van der Waals surface area contributed by atoms with Gasteiger partial charge in [0.25, 0.3) is 0 Å². The van der Waals surface area contributed by atoms with E-state index in [1.54, 1.807) is 0 Å². The van der Waals surface area contributed by atoms with Crippen LogP contribution in [-0.4, -0.2) is 21.5 Å². The molecule has 0 N–H and O–H groups in total. The molecule has 52 valence electrons. The molecular formula is C4H11F3Sn. The van der Waals surface area contributed by atoms with Crippen molar-refractivity contribution in [2.45, 2.75) is 26.7 Å². The van der Waals surface area contributed by atoms with Crippen LogP contribution < -0.4 is 0 Å². The first kappa shape index (κ1) is 11.4. The van der Waals surface area contributed by atoms with E-state index in [1.807, 2.05) is 0 Å². The molecule has 4 heteroatoms. The summed E-state index contributed by atoms with van der Waals surface area (Å²) in [5.74, 6) is 0. The van der Waals surface area contributed by atoms with Gasteiger partial charge < -0.3 is 0 Å². The molecule has 0 bridgehead atoms. The van der Waals surface area contributed by atoms with E-state index in [0.717, 1.165) is 0 Å². The summed E-state index contributed by atoms with van der Waals surface area (Å²) in [6.45, 7) is 4.36. The molecule has 0 radical (unpaired) electrons. The predicted molar refractivity (Wildman–Crippen MR) is 31.1 cm³/mol. The Morgan fingerprint density at radius 1 is 1.00 bits per heavy atom. The molecule has 0 fully saturated rings. The molecule has 0 nitrogen and oxygen atoms in total. The average molecular weight is 235 g/mol. The first-order chi connectivity index (χ1) is 3.65.